The smallest absolute Gasteiger partial charge is 0.254 e. The lowest BCUT2D eigenvalue weighted by atomic mass is 10.0. The maximum absolute atomic E-state index is 12.6. The Morgan fingerprint density at radius 3 is 2.80 bits per heavy atom. The van der Waals surface area contributed by atoms with Crippen molar-refractivity contribution < 1.29 is 4.79 Å². The molecule has 1 aliphatic heterocycles. The Kier molecular flexibility index (Phi) is 5.03. The van der Waals surface area contributed by atoms with Gasteiger partial charge in [0.05, 0.1) is 0 Å². The maximum Gasteiger partial charge on any atom is 0.254 e. The average Bonchev–Trinajstić information content (AvgIpc) is 2.62. The summed E-state index contributed by atoms with van der Waals surface area (Å²) in [5.74, 6) is 1.06. The van der Waals surface area contributed by atoms with Crippen LogP contribution in [0.4, 0.5) is 0 Å². The van der Waals surface area contributed by atoms with E-state index < -0.39 is 0 Å². The summed E-state index contributed by atoms with van der Waals surface area (Å²) in [6.45, 7) is 8.06. The third-order valence-corrected chi connectivity index (χ3v) is 4.15. The highest BCUT2D eigenvalue weighted by Crippen LogP contribution is 2.21. The number of hydrogen-bond donors (Lipinski definition) is 0. The third kappa shape index (κ3) is 3.72. The highest BCUT2D eigenvalue weighted by Gasteiger charge is 2.21. The fraction of sp³-hybridized carbons (Fsp3) is 0.625. The summed E-state index contributed by atoms with van der Waals surface area (Å²) in [4.78, 5) is 18.9. The van der Waals surface area contributed by atoms with Gasteiger partial charge in [0, 0.05) is 24.3 Å². The van der Waals surface area contributed by atoms with Gasteiger partial charge in [0.25, 0.3) is 5.91 Å². The van der Waals surface area contributed by atoms with Crippen LogP contribution in [0, 0.1) is 5.92 Å². The highest BCUT2D eigenvalue weighted by molar-refractivity contribution is 6.29. The van der Waals surface area contributed by atoms with Crippen LogP contribution in [-0.4, -0.2) is 28.9 Å². The second-order valence-corrected chi connectivity index (χ2v) is 6.47. The molecule has 3 nitrogen and oxygen atoms in total. The molecule has 2 rings (SSSR count). The van der Waals surface area contributed by atoms with Crippen molar-refractivity contribution in [2.45, 2.75) is 46.0 Å². The minimum absolute atomic E-state index is 0.0882. The van der Waals surface area contributed by atoms with E-state index in [1.54, 1.807) is 6.07 Å². The fourth-order valence-corrected chi connectivity index (χ4v) is 2.80. The zero-order chi connectivity index (χ0) is 14.7. The summed E-state index contributed by atoms with van der Waals surface area (Å²) in [5, 5.41) is 0.405. The molecule has 1 atom stereocenters. The number of likely N-dealkylation sites (tertiary alicyclic amines) is 1. The van der Waals surface area contributed by atoms with Gasteiger partial charge in [0.15, 0.2) is 0 Å². The quantitative estimate of drug-likeness (QED) is 0.769. The molecule has 0 radical (unpaired) electrons. The third-order valence-electron chi connectivity index (χ3n) is 3.96. The number of pyridine rings is 1. The molecule has 1 aliphatic rings. The van der Waals surface area contributed by atoms with Crippen LogP contribution in [0.2, 0.25) is 5.15 Å². The van der Waals surface area contributed by atoms with Gasteiger partial charge in [-0.25, -0.2) is 4.98 Å². The van der Waals surface area contributed by atoms with E-state index in [-0.39, 0.29) is 11.8 Å². The molecule has 1 saturated heterocycles. The first-order valence-corrected chi connectivity index (χ1v) is 7.82. The molecule has 1 aromatic heterocycles. The van der Waals surface area contributed by atoms with Gasteiger partial charge in [-0.15, -0.1) is 0 Å². The Hall–Kier alpha value is -1.09. The molecule has 2 heterocycles. The summed E-state index contributed by atoms with van der Waals surface area (Å²) in [6.07, 6.45) is 3.38. The normalized spacial score (nSPS) is 20.1. The Bertz CT molecular complexity index is 487. The largest absolute Gasteiger partial charge is 0.339 e. The molecule has 0 saturated carbocycles. The fourth-order valence-electron chi connectivity index (χ4n) is 2.59. The van der Waals surface area contributed by atoms with Crippen molar-refractivity contribution in [1.82, 2.24) is 9.88 Å². The van der Waals surface area contributed by atoms with Crippen molar-refractivity contribution in [3.63, 3.8) is 0 Å². The number of carbonyl (C=O) groups is 1. The zero-order valence-corrected chi connectivity index (χ0v) is 13.3. The first-order chi connectivity index (χ1) is 9.47. The lowest BCUT2D eigenvalue weighted by Crippen LogP contribution is -2.32. The van der Waals surface area contributed by atoms with Gasteiger partial charge in [-0.05, 0) is 43.2 Å². The Morgan fingerprint density at radius 2 is 2.10 bits per heavy atom. The van der Waals surface area contributed by atoms with Crippen LogP contribution in [0.15, 0.2) is 12.1 Å². The van der Waals surface area contributed by atoms with Gasteiger partial charge in [-0.2, -0.15) is 0 Å². The lowest BCUT2D eigenvalue weighted by Gasteiger charge is -2.21. The van der Waals surface area contributed by atoms with Gasteiger partial charge in [0.1, 0.15) is 5.15 Å². The van der Waals surface area contributed by atoms with E-state index in [9.17, 15) is 4.79 Å². The Labute approximate surface area is 126 Å². The van der Waals surface area contributed by atoms with E-state index in [2.05, 4.69) is 25.8 Å². The minimum Gasteiger partial charge on any atom is -0.339 e. The summed E-state index contributed by atoms with van der Waals surface area (Å²) >= 11 is 6.05. The Morgan fingerprint density at radius 1 is 1.35 bits per heavy atom. The van der Waals surface area contributed by atoms with E-state index in [4.69, 9.17) is 11.6 Å². The standard InChI is InChI=1S/C16H23ClN2O/c1-11(2)14-9-13(10-15(17)18-14)16(20)19-7-4-5-12(3)6-8-19/h9-12H,4-8H2,1-3H3. The van der Waals surface area contributed by atoms with Crippen LogP contribution in [0.3, 0.4) is 0 Å². The molecule has 110 valence electrons. The van der Waals surface area contributed by atoms with E-state index in [0.717, 1.165) is 31.6 Å². The van der Waals surface area contributed by atoms with Crippen molar-refractivity contribution in [2.75, 3.05) is 13.1 Å². The van der Waals surface area contributed by atoms with E-state index in [1.807, 2.05) is 11.0 Å². The summed E-state index contributed by atoms with van der Waals surface area (Å²) in [6, 6.07) is 3.57. The second-order valence-electron chi connectivity index (χ2n) is 6.09. The molecule has 0 spiro atoms. The first kappa shape index (κ1) is 15.3. The molecule has 20 heavy (non-hydrogen) atoms. The maximum atomic E-state index is 12.6. The Balaban J connectivity index is 2.19. The lowest BCUT2D eigenvalue weighted by molar-refractivity contribution is 0.0760. The van der Waals surface area contributed by atoms with Crippen LogP contribution in [0.1, 0.15) is 62.0 Å². The summed E-state index contributed by atoms with van der Waals surface area (Å²) in [7, 11) is 0. The molecule has 4 heteroatoms. The minimum atomic E-state index is 0.0882. The monoisotopic (exact) mass is 294 g/mol. The molecule has 0 aliphatic carbocycles. The second kappa shape index (κ2) is 6.57. The summed E-state index contributed by atoms with van der Waals surface area (Å²) < 4.78 is 0. The molecular formula is C16H23ClN2O. The number of carbonyl (C=O) groups excluding carboxylic acids is 1. The van der Waals surface area contributed by atoms with Crippen LogP contribution in [0.25, 0.3) is 0 Å². The number of rotatable bonds is 2. The molecule has 0 bridgehead atoms. The molecule has 1 fully saturated rings. The van der Waals surface area contributed by atoms with Crippen molar-refractivity contribution >= 4 is 17.5 Å². The van der Waals surface area contributed by atoms with Crippen molar-refractivity contribution in [3.8, 4) is 0 Å². The topological polar surface area (TPSA) is 33.2 Å². The SMILES string of the molecule is CC1CCCN(C(=O)c2cc(Cl)nc(C(C)C)c2)CC1. The van der Waals surface area contributed by atoms with Gasteiger partial charge in [0.2, 0.25) is 0 Å². The van der Waals surface area contributed by atoms with Crippen molar-refractivity contribution in [2.24, 2.45) is 5.92 Å². The van der Waals surface area contributed by atoms with E-state index in [0.29, 0.717) is 16.6 Å². The number of aromatic nitrogens is 1. The first-order valence-electron chi connectivity index (χ1n) is 7.44. The zero-order valence-electron chi connectivity index (χ0n) is 12.5. The molecule has 1 amide bonds. The molecular weight excluding hydrogens is 272 g/mol. The highest BCUT2D eigenvalue weighted by atomic mass is 35.5. The van der Waals surface area contributed by atoms with E-state index in [1.165, 1.54) is 6.42 Å². The van der Waals surface area contributed by atoms with Gasteiger partial charge < -0.3 is 4.90 Å². The summed E-state index contributed by atoms with van der Waals surface area (Å²) in [5.41, 5.74) is 1.55. The van der Waals surface area contributed by atoms with Gasteiger partial charge in [-0.1, -0.05) is 32.4 Å². The molecule has 1 aromatic rings. The van der Waals surface area contributed by atoms with Crippen molar-refractivity contribution in [1.29, 1.82) is 0 Å². The van der Waals surface area contributed by atoms with Crippen LogP contribution in [0.5, 0.6) is 0 Å². The number of halogens is 1. The van der Waals surface area contributed by atoms with Crippen LogP contribution < -0.4 is 0 Å². The number of amides is 1. The number of hydrogen-bond acceptors (Lipinski definition) is 2. The molecule has 1 unspecified atom stereocenters. The predicted octanol–water partition coefficient (Wildman–Crippen LogP) is 4.12. The van der Waals surface area contributed by atoms with Gasteiger partial charge >= 0.3 is 0 Å². The average molecular weight is 295 g/mol. The molecule has 0 aromatic carbocycles. The van der Waals surface area contributed by atoms with Crippen molar-refractivity contribution in [3.05, 3.63) is 28.5 Å². The van der Waals surface area contributed by atoms with Crippen LogP contribution in [-0.2, 0) is 0 Å². The predicted molar refractivity (Wildman–Crippen MR) is 82.3 cm³/mol. The number of nitrogens with zero attached hydrogens (tertiary/aromatic N) is 2. The van der Waals surface area contributed by atoms with Gasteiger partial charge in [-0.3, -0.25) is 4.79 Å². The van der Waals surface area contributed by atoms with E-state index >= 15 is 0 Å². The van der Waals surface area contributed by atoms with Crippen LogP contribution >= 0.6 is 11.6 Å². The molecule has 0 N–H and O–H groups in total.